The van der Waals surface area contributed by atoms with Crippen molar-refractivity contribution < 1.29 is 9.53 Å². The quantitative estimate of drug-likeness (QED) is 0.775. The van der Waals surface area contributed by atoms with Crippen molar-refractivity contribution in [1.82, 2.24) is 9.55 Å². The summed E-state index contributed by atoms with van der Waals surface area (Å²) in [6.45, 7) is 1.83. The summed E-state index contributed by atoms with van der Waals surface area (Å²) in [5, 5.41) is 2.82. The van der Waals surface area contributed by atoms with Gasteiger partial charge in [-0.3, -0.25) is 9.36 Å². The lowest BCUT2D eigenvalue weighted by Crippen LogP contribution is -2.16. The Morgan fingerprint density at radius 1 is 1.12 bits per heavy atom. The summed E-state index contributed by atoms with van der Waals surface area (Å²) in [7, 11) is 1.55. The number of hydrogen-bond donors (Lipinski definition) is 2. The molecule has 0 spiro atoms. The van der Waals surface area contributed by atoms with Crippen LogP contribution in [-0.2, 0) is 0 Å². The first kappa shape index (κ1) is 15.6. The van der Waals surface area contributed by atoms with E-state index in [9.17, 15) is 9.59 Å². The number of H-pyrrole nitrogens is 1. The zero-order valence-electron chi connectivity index (χ0n) is 13.4. The maximum absolute atomic E-state index is 12.4. The number of anilines is 1. The third kappa shape index (κ3) is 2.94. The molecule has 3 aromatic rings. The highest BCUT2D eigenvalue weighted by molar-refractivity contribution is 6.05. The van der Waals surface area contributed by atoms with Gasteiger partial charge in [0.15, 0.2) is 0 Å². The molecule has 1 heterocycles. The highest BCUT2D eigenvalue weighted by Gasteiger charge is 2.10. The molecule has 0 bridgehead atoms. The molecule has 0 aliphatic heterocycles. The fraction of sp³-hybridized carbons (Fsp3) is 0.111. The summed E-state index contributed by atoms with van der Waals surface area (Å²) in [6.07, 6.45) is 1.64. The van der Waals surface area contributed by atoms with E-state index in [-0.39, 0.29) is 11.6 Å². The third-order valence-corrected chi connectivity index (χ3v) is 3.70. The van der Waals surface area contributed by atoms with Crippen LogP contribution < -0.4 is 15.7 Å². The average Bonchev–Trinajstić information content (AvgIpc) is 2.94. The summed E-state index contributed by atoms with van der Waals surface area (Å²) in [6, 6.07) is 14.0. The molecule has 0 saturated carbocycles. The number of para-hydroxylation sites is 2. The Bertz CT molecular complexity index is 923. The number of aromatic nitrogens is 2. The minimum absolute atomic E-state index is 0.210. The van der Waals surface area contributed by atoms with Crippen LogP contribution in [-0.4, -0.2) is 22.6 Å². The Hall–Kier alpha value is -3.28. The van der Waals surface area contributed by atoms with Crippen molar-refractivity contribution in [2.75, 3.05) is 12.4 Å². The lowest BCUT2D eigenvalue weighted by Gasteiger charge is -2.10. The first-order chi connectivity index (χ1) is 11.6. The van der Waals surface area contributed by atoms with Crippen LogP contribution in [0, 0.1) is 6.92 Å². The van der Waals surface area contributed by atoms with Crippen LogP contribution >= 0.6 is 0 Å². The molecule has 0 fully saturated rings. The molecule has 1 aromatic heterocycles. The fourth-order valence-electron chi connectivity index (χ4n) is 2.48. The van der Waals surface area contributed by atoms with Crippen LogP contribution in [0.3, 0.4) is 0 Å². The number of aromatic amines is 1. The lowest BCUT2D eigenvalue weighted by atomic mass is 10.2. The van der Waals surface area contributed by atoms with E-state index < -0.39 is 0 Å². The van der Waals surface area contributed by atoms with Crippen molar-refractivity contribution in [2.45, 2.75) is 6.92 Å². The Labute approximate surface area is 138 Å². The topological polar surface area (TPSA) is 76.1 Å². The SMILES string of the molecule is COc1ccccc1NC(=O)c1ccc(-n2c(C)c[nH]c2=O)cc1. The van der Waals surface area contributed by atoms with Crippen LogP contribution in [0.1, 0.15) is 16.1 Å². The smallest absolute Gasteiger partial charge is 0.330 e. The molecule has 122 valence electrons. The van der Waals surface area contributed by atoms with Gasteiger partial charge in [0, 0.05) is 17.5 Å². The zero-order valence-corrected chi connectivity index (χ0v) is 13.4. The Balaban J connectivity index is 1.83. The summed E-state index contributed by atoms with van der Waals surface area (Å²) in [5.41, 5.74) is 2.38. The van der Waals surface area contributed by atoms with E-state index in [2.05, 4.69) is 10.3 Å². The molecule has 2 N–H and O–H groups in total. The molecule has 0 saturated heterocycles. The molecular weight excluding hydrogens is 306 g/mol. The van der Waals surface area contributed by atoms with Crippen LogP contribution in [0.25, 0.3) is 5.69 Å². The Kier molecular flexibility index (Phi) is 4.20. The molecule has 2 aromatic carbocycles. The van der Waals surface area contributed by atoms with E-state index in [1.54, 1.807) is 54.3 Å². The van der Waals surface area contributed by atoms with Gasteiger partial charge in [-0.25, -0.2) is 4.79 Å². The number of imidazole rings is 1. The van der Waals surface area contributed by atoms with Gasteiger partial charge in [-0.2, -0.15) is 0 Å². The number of amides is 1. The predicted molar refractivity (Wildman–Crippen MR) is 92.1 cm³/mol. The second-order valence-corrected chi connectivity index (χ2v) is 5.27. The van der Waals surface area contributed by atoms with E-state index in [0.29, 0.717) is 22.7 Å². The largest absolute Gasteiger partial charge is 0.495 e. The van der Waals surface area contributed by atoms with Gasteiger partial charge < -0.3 is 15.0 Å². The molecule has 0 atom stereocenters. The maximum atomic E-state index is 12.4. The van der Waals surface area contributed by atoms with Gasteiger partial charge in [0.2, 0.25) is 0 Å². The molecule has 3 rings (SSSR count). The van der Waals surface area contributed by atoms with Crippen LogP contribution in [0.2, 0.25) is 0 Å². The molecule has 0 aliphatic carbocycles. The Morgan fingerprint density at radius 2 is 1.83 bits per heavy atom. The number of hydrogen-bond acceptors (Lipinski definition) is 3. The van der Waals surface area contributed by atoms with Gasteiger partial charge in [-0.1, -0.05) is 12.1 Å². The summed E-state index contributed by atoms with van der Waals surface area (Å²) < 4.78 is 6.76. The second-order valence-electron chi connectivity index (χ2n) is 5.27. The van der Waals surface area contributed by atoms with Gasteiger partial charge in [0.05, 0.1) is 18.5 Å². The van der Waals surface area contributed by atoms with Crippen molar-refractivity contribution in [2.24, 2.45) is 0 Å². The van der Waals surface area contributed by atoms with E-state index >= 15 is 0 Å². The summed E-state index contributed by atoms with van der Waals surface area (Å²) in [4.78, 5) is 26.8. The minimum Gasteiger partial charge on any atom is -0.495 e. The van der Waals surface area contributed by atoms with Gasteiger partial charge >= 0.3 is 5.69 Å². The number of carbonyl (C=O) groups is 1. The maximum Gasteiger partial charge on any atom is 0.330 e. The number of carbonyl (C=O) groups excluding carboxylic acids is 1. The van der Waals surface area contributed by atoms with E-state index in [0.717, 1.165) is 5.69 Å². The number of rotatable bonds is 4. The third-order valence-electron chi connectivity index (χ3n) is 3.70. The zero-order chi connectivity index (χ0) is 17.1. The lowest BCUT2D eigenvalue weighted by molar-refractivity contribution is 0.102. The van der Waals surface area contributed by atoms with Gasteiger partial charge in [-0.05, 0) is 43.3 Å². The number of nitrogens with zero attached hydrogens (tertiary/aromatic N) is 1. The van der Waals surface area contributed by atoms with Gasteiger partial charge in [0.1, 0.15) is 5.75 Å². The highest BCUT2D eigenvalue weighted by atomic mass is 16.5. The standard InChI is InChI=1S/C18H17N3O3/c1-12-11-19-18(23)21(12)14-9-7-13(8-10-14)17(22)20-15-5-3-4-6-16(15)24-2/h3-11H,1-2H3,(H,19,23)(H,20,22). The van der Waals surface area contributed by atoms with Crippen LogP contribution in [0.5, 0.6) is 5.75 Å². The molecule has 0 radical (unpaired) electrons. The molecule has 0 aliphatic rings. The minimum atomic E-state index is -0.246. The number of benzene rings is 2. The molecular formula is C18H17N3O3. The van der Waals surface area contributed by atoms with Crippen molar-refractivity contribution in [1.29, 1.82) is 0 Å². The van der Waals surface area contributed by atoms with Crippen molar-refractivity contribution in [3.05, 3.63) is 76.5 Å². The summed E-state index contributed by atoms with van der Waals surface area (Å²) in [5.74, 6) is 0.348. The number of methoxy groups -OCH3 is 1. The fourth-order valence-corrected chi connectivity index (χ4v) is 2.48. The molecule has 1 amide bonds. The summed E-state index contributed by atoms with van der Waals surface area (Å²) >= 11 is 0. The first-order valence-corrected chi connectivity index (χ1v) is 7.42. The van der Waals surface area contributed by atoms with Crippen molar-refractivity contribution in [3.8, 4) is 11.4 Å². The van der Waals surface area contributed by atoms with Gasteiger partial charge in [0.25, 0.3) is 5.91 Å². The highest BCUT2D eigenvalue weighted by Crippen LogP contribution is 2.23. The van der Waals surface area contributed by atoms with Crippen molar-refractivity contribution >= 4 is 11.6 Å². The molecule has 24 heavy (non-hydrogen) atoms. The van der Waals surface area contributed by atoms with E-state index in [1.165, 1.54) is 0 Å². The van der Waals surface area contributed by atoms with Gasteiger partial charge in [-0.15, -0.1) is 0 Å². The molecule has 0 unspecified atom stereocenters. The Morgan fingerprint density at radius 3 is 2.46 bits per heavy atom. The normalized spacial score (nSPS) is 10.4. The second kappa shape index (κ2) is 6.45. The van der Waals surface area contributed by atoms with E-state index in [4.69, 9.17) is 4.74 Å². The molecule has 6 nitrogen and oxygen atoms in total. The number of aryl methyl sites for hydroxylation is 1. The average molecular weight is 323 g/mol. The molecule has 6 heteroatoms. The van der Waals surface area contributed by atoms with Crippen molar-refractivity contribution in [3.63, 3.8) is 0 Å². The van der Waals surface area contributed by atoms with Crippen LogP contribution in [0.15, 0.2) is 59.5 Å². The number of ether oxygens (including phenoxy) is 1. The number of nitrogens with one attached hydrogen (secondary N) is 2. The van der Waals surface area contributed by atoms with Crippen LogP contribution in [0.4, 0.5) is 5.69 Å². The van der Waals surface area contributed by atoms with E-state index in [1.807, 2.05) is 19.1 Å². The first-order valence-electron chi connectivity index (χ1n) is 7.42. The monoisotopic (exact) mass is 323 g/mol. The predicted octanol–water partition coefficient (Wildman–Crippen LogP) is 2.73.